The number of aromatic nitrogens is 6. The second kappa shape index (κ2) is 5.40. The standard InChI is InChI=1S/C12H17N7O/c1-2-3-12(20)17-8-11(9-17)18-6-10(15-16-18)7-19-13-4-5-14-19/h4-6,11H,2-3,7-9H2,1H3. The van der Waals surface area contributed by atoms with Crippen molar-refractivity contribution in [2.45, 2.75) is 32.4 Å². The molecule has 0 aliphatic carbocycles. The van der Waals surface area contributed by atoms with Crippen LogP contribution in [0.15, 0.2) is 18.6 Å². The molecular formula is C12H17N7O. The lowest BCUT2D eigenvalue weighted by molar-refractivity contribution is -0.137. The molecule has 0 N–H and O–H groups in total. The van der Waals surface area contributed by atoms with Crippen LogP contribution in [0.4, 0.5) is 0 Å². The van der Waals surface area contributed by atoms with Crippen molar-refractivity contribution in [1.29, 1.82) is 0 Å². The van der Waals surface area contributed by atoms with Gasteiger partial charge in [-0.1, -0.05) is 12.1 Å². The van der Waals surface area contributed by atoms with Gasteiger partial charge in [-0.2, -0.15) is 15.0 Å². The van der Waals surface area contributed by atoms with E-state index in [1.165, 1.54) is 0 Å². The first-order valence-electron chi connectivity index (χ1n) is 6.79. The van der Waals surface area contributed by atoms with Crippen LogP contribution in [-0.2, 0) is 11.3 Å². The molecule has 106 valence electrons. The van der Waals surface area contributed by atoms with Gasteiger partial charge < -0.3 is 4.90 Å². The third-order valence-corrected chi connectivity index (χ3v) is 3.38. The minimum absolute atomic E-state index is 0.227. The van der Waals surface area contributed by atoms with Gasteiger partial charge >= 0.3 is 0 Å². The molecule has 8 nitrogen and oxygen atoms in total. The van der Waals surface area contributed by atoms with Gasteiger partial charge in [0.1, 0.15) is 12.2 Å². The lowest BCUT2D eigenvalue weighted by Crippen LogP contribution is -2.50. The molecule has 0 unspecified atom stereocenters. The Bertz CT molecular complexity index is 570. The van der Waals surface area contributed by atoms with Gasteiger partial charge in [0.05, 0.1) is 24.6 Å². The Morgan fingerprint density at radius 1 is 1.35 bits per heavy atom. The summed E-state index contributed by atoms with van der Waals surface area (Å²) in [6.45, 7) is 3.98. The maximum Gasteiger partial charge on any atom is 0.222 e. The van der Waals surface area contributed by atoms with Crippen LogP contribution < -0.4 is 0 Å². The zero-order valence-corrected chi connectivity index (χ0v) is 11.4. The summed E-state index contributed by atoms with van der Waals surface area (Å²) in [5, 5.41) is 16.3. The fourth-order valence-electron chi connectivity index (χ4n) is 2.23. The minimum atomic E-state index is 0.227. The van der Waals surface area contributed by atoms with E-state index in [9.17, 15) is 4.79 Å². The van der Waals surface area contributed by atoms with E-state index in [-0.39, 0.29) is 11.9 Å². The van der Waals surface area contributed by atoms with Crippen molar-refractivity contribution in [3.63, 3.8) is 0 Å². The van der Waals surface area contributed by atoms with Crippen molar-refractivity contribution in [2.24, 2.45) is 0 Å². The van der Waals surface area contributed by atoms with Crippen LogP contribution in [0.3, 0.4) is 0 Å². The summed E-state index contributed by atoms with van der Waals surface area (Å²) >= 11 is 0. The Labute approximate surface area is 116 Å². The summed E-state index contributed by atoms with van der Waals surface area (Å²) in [6.07, 6.45) is 6.68. The molecule has 1 aliphatic heterocycles. The van der Waals surface area contributed by atoms with Gasteiger partial charge in [-0.25, -0.2) is 4.68 Å². The van der Waals surface area contributed by atoms with Gasteiger partial charge in [0.25, 0.3) is 0 Å². The number of rotatable bonds is 5. The number of carbonyl (C=O) groups is 1. The maximum absolute atomic E-state index is 11.7. The highest BCUT2D eigenvalue weighted by Gasteiger charge is 2.32. The molecule has 0 radical (unpaired) electrons. The molecule has 1 saturated heterocycles. The van der Waals surface area contributed by atoms with Gasteiger partial charge in [-0.3, -0.25) is 4.79 Å². The second-order valence-corrected chi connectivity index (χ2v) is 4.95. The highest BCUT2D eigenvalue weighted by Crippen LogP contribution is 2.21. The Balaban J connectivity index is 1.55. The van der Waals surface area contributed by atoms with E-state index < -0.39 is 0 Å². The molecule has 2 aromatic rings. The summed E-state index contributed by atoms with van der Waals surface area (Å²) in [4.78, 5) is 15.1. The highest BCUT2D eigenvalue weighted by atomic mass is 16.2. The highest BCUT2D eigenvalue weighted by molar-refractivity contribution is 5.77. The van der Waals surface area contributed by atoms with E-state index >= 15 is 0 Å². The smallest absolute Gasteiger partial charge is 0.222 e. The molecule has 20 heavy (non-hydrogen) atoms. The third-order valence-electron chi connectivity index (χ3n) is 3.38. The number of nitrogens with zero attached hydrogens (tertiary/aromatic N) is 7. The van der Waals surface area contributed by atoms with Crippen LogP contribution in [0.25, 0.3) is 0 Å². The summed E-state index contributed by atoms with van der Waals surface area (Å²) < 4.78 is 1.83. The molecular weight excluding hydrogens is 258 g/mol. The van der Waals surface area contributed by atoms with Gasteiger partial charge in [0.15, 0.2) is 0 Å². The van der Waals surface area contributed by atoms with E-state index in [2.05, 4.69) is 20.5 Å². The van der Waals surface area contributed by atoms with Gasteiger partial charge in [0.2, 0.25) is 5.91 Å². The van der Waals surface area contributed by atoms with Crippen LogP contribution in [0.5, 0.6) is 0 Å². The predicted molar refractivity (Wildman–Crippen MR) is 69.7 cm³/mol. The topological polar surface area (TPSA) is 81.7 Å². The molecule has 0 spiro atoms. The SMILES string of the molecule is CCCC(=O)N1CC(n2cc(Cn3nccn3)nn2)C1. The van der Waals surface area contributed by atoms with Gasteiger partial charge in [-0.15, -0.1) is 5.10 Å². The Morgan fingerprint density at radius 2 is 2.10 bits per heavy atom. The van der Waals surface area contributed by atoms with Crippen LogP contribution in [-0.4, -0.2) is 53.9 Å². The van der Waals surface area contributed by atoms with Crippen molar-refractivity contribution in [1.82, 2.24) is 34.9 Å². The van der Waals surface area contributed by atoms with Crippen molar-refractivity contribution < 1.29 is 4.79 Å². The molecule has 3 heterocycles. The Morgan fingerprint density at radius 3 is 2.80 bits per heavy atom. The fraction of sp³-hybridized carbons (Fsp3) is 0.583. The molecule has 0 aromatic carbocycles. The van der Waals surface area contributed by atoms with E-state index in [1.807, 2.05) is 22.7 Å². The van der Waals surface area contributed by atoms with Crippen LogP contribution in [0.1, 0.15) is 31.5 Å². The summed E-state index contributed by atoms with van der Waals surface area (Å²) in [5.74, 6) is 0.227. The van der Waals surface area contributed by atoms with Crippen molar-refractivity contribution in [3.8, 4) is 0 Å². The maximum atomic E-state index is 11.7. The van der Waals surface area contributed by atoms with E-state index in [0.717, 1.165) is 25.2 Å². The van der Waals surface area contributed by atoms with E-state index in [0.29, 0.717) is 13.0 Å². The van der Waals surface area contributed by atoms with Crippen molar-refractivity contribution in [2.75, 3.05) is 13.1 Å². The average molecular weight is 275 g/mol. The molecule has 8 heteroatoms. The third kappa shape index (κ3) is 2.54. The summed E-state index contributed by atoms with van der Waals surface area (Å²) in [5.41, 5.74) is 0.819. The summed E-state index contributed by atoms with van der Waals surface area (Å²) in [6, 6.07) is 0.239. The van der Waals surface area contributed by atoms with Gasteiger partial charge in [-0.05, 0) is 6.42 Å². The van der Waals surface area contributed by atoms with E-state index in [4.69, 9.17) is 0 Å². The number of amides is 1. The summed E-state index contributed by atoms with van der Waals surface area (Å²) in [7, 11) is 0. The largest absolute Gasteiger partial charge is 0.338 e. The molecule has 1 aliphatic rings. The first-order valence-corrected chi connectivity index (χ1v) is 6.79. The van der Waals surface area contributed by atoms with Crippen LogP contribution in [0, 0.1) is 0 Å². The molecule has 2 aromatic heterocycles. The molecule has 3 rings (SSSR count). The number of hydrogen-bond donors (Lipinski definition) is 0. The molecule has 0 bridgehead atoms. The lowest BCUT2D eigenvalue weighted by atomic mass is 10.1. The van der Waals surface area contributed by atoms with Crippen molar-refractivity contribution in [3.05, 3.63) is 24.3 Å². The quantitative estimate of drug-likeness (QED) is 0.773. The minimum Gasteiger partial charge on any atom is -0.338 e. The first-order chi connectivity index (χ1) is 9.76. The number of hydrogen-bond acceptors (Lipinski definition) is 5. The predicted octanol–water partition coefficient (Wildman–Crippen LogP) is 0.101. The number of likely N-dealkylation sites (tertiary alicyclic amines) is 1. The number of carbonyl (C=O) groups excluding carboxylic acids is 1. The first kappa shape index (κ1) is 12.8. The fourth-order valence-corrected chi connectivity index (χ4v) is 2.23. The van der Waals surface area contributed by atoms with Crippen LogP contribution >= 0.6 is 0 Å². The van der Waals surface area contributed by atoms with Crippen molar-refractivity contribution >= 4 is 5.91 Å². The molecule has 1 fully saturated rings. The monoisotopic (exact) mass is 275 g/mol. The van der Waals surface area contributed by atoms with Crippen LogP contribution in [0.2, 0.25) is 0 Å². The zero-order valence-electron chi connectivity index (χ0n) is 11.4. The Kier molecular flexibility index (Phi) is 3.44. The van der Waals surface area contributed by atoms with E-state index in [1.54, 1.807) is 17.2 Å². The molecule has 0 saturated carbocycles. The normalized spacial score (nSPS) is 15.3. The average Bonchev–Trinajstić information content (AvgIpc) is 3.00. The second-order valence-electron chi connectivity index (χ2n) is 4.95. The molecule has 0 atom stereocenters. The Hall–Kier alpha value is -2.25. The lowest BCUT2D eigenvalue weighted by Gasteiger charge is -2.38. The van der Waals surface area contributed by atoms with Gasteiger partial charge in [0, 0.05) is 19.5 Å². The molecule has 1 amide bonds. The zero-order chi connectivity index (χ0) is 13.9.